The maximum atomic E-state index is 12.0. The van der Waals surface area contributed by atoms with Gasteiger partial charge in [0.2, 0.25) is 5.65 Å². The lowest BCUT2D eigenvalue weighted by molar-refractivity contribution is 0.0585. The van der Waals surface area contributed by atoms with E-state index in [2.05, 4.69) is 74.8 Å². The van der Waals surface area contributed by atoms with Gasteiger partial charge < -0.3 is 14.6 Å². The number of aromatic nitrogens is 12. The maximum absolute atomic E-state index is 12.0. The molecule has 6 aromatic heterocycles. The lowest BCUT2D eigenvalue weighted by Crippen LogP contribution is -2.21. The molecule has 0 bridgehead atoms. The van der Waals surface area contributed by atoms with Crippen LogP contribution in [-0.2, 0) is 9.47 Å². The van der Waals surface area contributed by atoms with Crippen molar-refractivity contribution in [1.82, 2.24) is 58.6 Å². The Hall–Kier alpha value is -6.27. The van der Waals surface area contributed by atoms with Gasteiger partial charge in [-0.1, -0.05) is 48.1 Å². The molecule has 0 atom stereocenters. The first-order chi connectivity index (χ1) is 26.4. The van der Waals surface area contributed by atoms with Crippen molar-refractivity contribution < 1.29 is 24.2 Å². The van der Waals surface area contributed by atoms with Crippen LogP contribution in [0.3, 0.4) is 0 Å². The van der Waals surface area contributed by atoms with Gasteiger partial charge in [0.1, 0.15) is 0 Å². The van der Waals surface area contributed by atoms with Crippen LogP contribution in [0.2, 0.25) is 0 Å². The van der Waals surface area contributed by atoms with Crippen LogP contribution in [0.15, 0.2) is 34.8 Å². The molecular weight excluding hydrogens is 712 g/mol. The molecule has 0 saturated carbocycles. The molecule has 0 unspecified atom stereocenters. The van der Waals surface area contributed by atoms with Crippen LogP contribution in [0.4, 0.5) is 0 Å². The zero-order valence-corrected chi connectivity index (χ0v) is 32.4. The third-order valence-electron chi connectivity index (χ3n) is 9.18. The first-order valence-electron chi connectivity index (χ1n) is 18.1. The van der Waals surface area contributed by atoms with Crippen molar-refractivity contribution in [2.75, 3.05) is 14.2 Å². The minimum Gasteiger partial charge on any atom is -0.480 e. The van der Waals surface area contributed by atoms with E-state index in [1.54, 1.807) is 26.0 Å². The standard InChI is InChI=1S/2C12H16N4O3.C12H16N4O/c2*1-4-7(5-2)16-10-9(15-12(16)18)14-8(6-13-10)11(17)19-3;1-4-8-7-13-11-10(14-8)15-12(17)16(11)9(5-2)6-3/h2*6-7H,4-5H2,1-3H3,(H,14,15,18);4,7,9H,1,5-6H2,2-3H3,(H,14,15,17). The van der Waals surface area contributed by atoms with Crippen molar-refractivity contribution in [3.63, 3.8) is 0 Å². The second-order valence-corrected chi connectivity index (χ2v) is 12.3. The second kappa shape index (κ2) is 18.7. The van der Waals surface area contributed by atoms with E-state index in [0.29, 0.717) is 33.9 Å². The van der Waals surface area contributed by atoms with E-state index < -0.39 is 11.9 Å². The van der Waals surface area contributed by atoms with Gasteiger partial charge in [-0.05, 0) is 44.6 Å². The summed E-state index contributed by atoms with van der Waals surface area (Å²) in [5.41, 5.74) is 3.04. The van der Waals surface area contributed by atoms with Gasteiger partial charge in [0.15, 0.2) is 39.6 Å². The van der Waals surface area contributed by atoms with Crippen molar-refractivity contribution in [3.8, 4) is 6.01 Å². The molecule has 0 amide bonds. The Bertz CT molecular complexity index is 2380. The minimum absolute atomic E-state index is 0.0690. The molecule has 0 saturated heterocycles. The minimum atomic E-state index is -0.578. The molecular formula is C36H48N12O7. The molecule has 0 aliphatic carbocycles. The number of aromatic hydroxyl groups is 1. The topological polar surface area (TPSA) is 244 Å². The summed E-state index contributed by atoms with van der Waals surface area (Å²) in [6, 6.07) is 0.202. The Morgan fingerprint density at radius 1 is 0.673 bits per heavy atom. The molecule has 294 valence electrons. The number of aromatic amines is 2. The second-order valence-electron chi connectivity index (χ2n) is 12.3. The van der Waals surface area contributed by atoms with Crippen LogP contribution in [-0.4, -0.2) is 89.8 Å². The van der Waals surface area contributed by atoms with Crippen LogP contribution < -0.4 is 11.4 Å². The first kappa shape index (κ1) is 41.5. The molecule has 6 aromatic rings. The van der Waals surface area contributed by atoms with Gasteiger partial charge in [-0.25, -0.2) is 49.1 Å². The highest BCUT2D eigenvalue weighted by Crippen LogP contribution is 2.27. The molecule has 0 aliphatic rings. The van der Waals surface area contributed by atoms with Gasteiger partial charge in [-0.2, -0.15) is 4.98 Å². The average molecular weight is 761 g/mol. The van der Waals surface area contributed by atoms with E-state index in [9.17, 15) is 24.3 Å². The van der Waals surface area contributed by atoms with Gasteiger partial charge in [0.05, 0.1) is 38.5 Å². The van der Waals surface area contributed by atoms with Crippen LogP contribution in [0.5, 0.6) is 6.01 Å². The average Bonchev–Trinajstić information content (AvgIpc) is 3.83. The molecule has 55 heavy (non-hydrogen) atoms. The smallest absolute Gasteiger partial charge is 0.358 e. The predicted octanol–water partition coefficient (Wildman–Crippen LogP) is 5.07. The number of nitrogens with zero attached hydrogens (tertiary/aromatic N) is 10. The molecule has 6 rings (SSSR count). The number of fused-ring (bicyclic) bond motifs is 3. The highest BCUT2D eigenvalue weighted by atomic mass is 16.5. The van der Waals surface area contributed by atoms with Crippen molar-refractivity contribution >= 4 is 51.9 Å². The molecule has 0 fully saturated rings. The molecule has 3 N–H and O–H groups in total. The zero-order chi connectivity index (χ0) is 40.4. The molecule has 0 aromatic carbocycles. The van der Waals surface area contributed by atoms with Gasteiger partial charge in [-0.15, -0.1) is 0 Å². The number of ether oxygens (including phenoxy) is 2. The predicted molar refractivity (Wildman–Crippen MR) is 205 cm³/mol. The molecule has 0 aliphatic heterocycles. The number of carbonyl (C=O) groups excluding carboxylic acids is 2. The van der Waals surface area contributed by atoms with Crippen molar-refractivity contribution in [2.24, 2.45) is 0 Å². The quantitative estimate of drug-likeness (QED) is 0.138. The summed E-state index contributed by atoms with van der Waals surface area (Å²) in [5.74, 6) is -1.16. The monoisotopic (exact) mass is 760 g/mol. The number of H-pyrrole nitrogens is 2. The molecule has 19 heteroatoms. The van der Waals surface area contributed by atoms with E-state index in [4.69, 9.17) is 0 Å². The number of hydrogen-bond acceptors (Lipinski definition) is 14. The number of methoxy groups -OCH3 is 2. The third-order valence-corrected chi connectivity index (χ3v) is 9.18. The normalized spacial score (nSPS) is 11.2. The molecule has 0 spiro atoms. The molecule has 0 radical (unpaired) electrons. The number of hydrogen-bond donors (Lipinski definition) is 3. The first-order valence-corrected chi connectivity index (χ1v) is 18.1. The van der Waals surface area contributed by atoms with E-state index in [1.807, 2.05) is 27.7 Å². The number of carbonyl (C=O) groups is 2. The largest absolute Gasteiger partial charge is 0.480 e. The highest BCUT2D eigenvalue weighted by molar-refractivity contribution is 5.89. The Kier molecular flexibility index (Phi) is 14.1. The SMILES string of the molecule is C=Cc1cnc2c(n1)[nH]c(=O)n2C(CC)CC.CCC(CC)n1c(=O)[nH]c2nc(C(=O)OC)cnc21.CCC(CC)n1c(O)nc2nc(C(=O)OC)cnc21. The summed E-state index contributed by atoms with van der Waals surface area (Å²) >= 11 is 0. The Morgan fingerprint density at radius 3 is 1.55 bits per heavy atom. The van der Waals surface area contributed by atoms with E-state index in [0.717, 1.165) is 38.5 Å². The fourth-order valence-electron chi connectivity index (χ4n) is 6.16. The van der Waals surface area contributed by atoms with E-state index in [-0.39, 0.29) is 52.6 Å². The lowest BCUT2D eigenvalue weighted by atomic mass is 10.2. The fourth-order valence-corrected chi connectivity index (χ4v) is 6.16. The van der Waals surface area contributed by atoms with Gasteiger partial charge >= 0.3 is 23.3 Å². The lowest BCUT2D eigenvalue weighted by Gasteiger charge is -2.15. The van der Waals surface area contributed by atoms with Crippen LogP contribution in [0, 0.1) is 0 Å². The Labute approximate surface area is 315 Å². The van der Waals surface area contributed by atoms with E-state index in [1.165, 1.54) is 26.6 Å². The number of nitrogens with one attached hydrogen (secondary N) is 2. The summed E-state index contributed by atoms with van der Waals surface area (Å²) < 4.78 is 14.1. The molecule has 6 heterocycles. The fraction of sp³-hybridized carbons (Fsp3) is 0.472. The van der Waals surface area contributed by atoms with Crippen LogP contribution in [0.25, 0.3) is 40.0 Å². The number of imidazole rings is 3. The zero-order valence-electron chi connectivity index (χ0n) is 32.4. The summed E-state index contributed by atoms with van der Waals surface area (Å²) in [4.78, 5) is 80.9. The summed E-state index contributed by atoms with van der Waals surface area (Å²) in [5, 5.41) is 9.91. The molecule has 19 nitrogen and oxygen atoms in total. The van der Waals surface area contributed by atoms with Crippen LogP contribution >= 0.6 is 0 Å². The van der Waals surface area contributed by atoms with Crippen molar-refractivity contribution in [3.05, 3.63) is 63.2 Å². The summed E-state index contributed by atoms with van der Waals surface area (Å²) in [6.45, 7) is 15.8. The Balaban J connectivity index is 0.000000184. The Morgan fingerprint density at radius 2 is 1.09 bits per heavy atom. The third kappa shape index (κ3) is 8.76. The summed E-state index contributed by atoms with van der Waals surface area (Å²) in [6.07, 6.45) is 11.0. The van der Waals surface area contributed by atoms with Crippen molar-refractivity contribution in [1.29, 1.82) is 0 Å². The summed E-state index contributed by atoms with van der Waals surface area (Å²) in [7, 11) is 2.54. The van der Waals surface area contributed by atoms with Crippen LogP contribution in [0.1, 0.15) is 125 Å². The number of esters is 2. The highest BCUT2D eigenvalue weighted by Gasteiger charge is 2.21. The van der Waals surface area contributed by atoms with E-state index >= 15 is 0 Å². The van der Waals surface area contributed by atoms with Gasteiger partial charge in [0.25, 0.3) is 6.01 Å². The van der Waals surface area contributed by atoms with Gasteiger partial charge in [0, 0.05) is 18.1 Å². The van der Waals surface area contributed by atoms with Crippen molar-refractivity contribution in [2.45, 2.75) is 98.2 Å². The van der Waals surface area contributed by atoms with Gasteiger partial charge in [-0.3, -0.25) is 23.7 Å². The number of rotatable bonds is 12. The maximum Gasteiger partial charge on any atom is 0.358 e.